The lowest BCUT2D eigenvalue weighted by Crippen LogP contribution is -2.49. The number of ether oxygens (including phenoxy) is 1. The Bertz CT molecular complexity index is 137. The van der Waals surface area contributed by atoms with E-state index in [9.17, 15) is 0 Å². The number of rotatable bonds is 8. The Morgan fingerprint density at radius 3 is 2.36 bits per heavy atom. The van der Waals surface area contributed by atoms with Crippen molar-refractivity contribution in [3.8, 4) is 0 Å². The number of hydrogen-bond acceptors (Lipinski definition) is 3. The third kappa shape index (κ3) is 4.94. The number of likely N-dealkylation sites (N-methyl/N-ethyl adjacent to an activating group) is 1. The van der Waals surface area contributed by atoms with Gasteiger partial charge in [0, 0.05) is 31.8 Å². The second-order valence-corrected chi connectivity index (χ2v) is 4.15. The monoisotopic (exact) mass is 202 g/mol. The molecule has 0 saturated heterocycles. The van der Waals surface area contributed by atoms with E-state index >= 15 is 0 Å². The summed E-state index contributed by atoms with van der Waals surface area (Å²) in [7, 11) is 0. The fourth-order valence-corrected chi connectivity index (χ4v) is 1.52. The van der Waals surface area contributed by atoms with Crippen molar-refractivity contribution in [2.75, 3.05) is 32.8 Å². The van der Waals surface area contributed by atoms with Crippen LogP contribution in [-0.2, 0) is 4.74 Å². The van der Waals surface area contributed by atoms with Gasteiger partial charge < -0.3 is 10.5 Å². The molecule has 0 bridgehead atoms. The van der Waals surface area contributed by atoms with Crippen molar-refractivity contribution in [2.45, 2.75) is 39.7 Å². The van der Waals surface area contributed by atoms with Gasteiger partial charge in [0.1, 0.15) is 0 Å². The minimum Gasteiger partial charge on any atom is -0.382 e. The fourth-order valence-electron chi connectivity index (χ4n) is 1.52. The van der Waals surface area contributed by atoms with E-state index in [1.54, 1.807) is 0 Å². The highest BCUT2D eigenvalue weighted by Gasteiger charge is 2.22. The largest absolute Gasteiger partial charge is 0.382 e. The second-order valence-electron chi connectivity index (χ2n) is 4.15. The highest BCUT2D eigenvalue weighted by Crippen LogP contribution is 2.12. The highest BCUT2D eigenvalue weighted by atomic mass is 16.5. The van der Waals surface area contributed by atoms with Crippen LogP contribution in [0.25, 0.3) is 0 Å². The fraction of sp³-hybridized carbons (Fsp3) is 1.00. The van der Waals surface area contributed by atoms with Gasteiger partial charge in [0.05, 0.1) is 0 Å². The van der Waals surface area contributed by atoms with Crippen molar-refractivity contribution in [2.24, 2.45) is 5.73 Å². The maximum Gasteiger partial charge on any atom is 0.0478 e. The zero-order chi connectivity index (χ0) is 11.0. The Balaban J connectivity index is 3.79. The first kappa shape index (κ1) is 13.9. The number of nitrogens with two attached hydrogens (primary N) is 1. The van der Waals surface area contributed by atoms with Gasteiger partial charge in [-0.25, -0.2) is 0 Å². The summed E-state index contributed by atoms with van der Waals surface area (Å²) in [5, 5.41) is 0. The lowest BCUT2D eigenvalue weighted by molar-refractivity contribution is 0.0978. The van der Waals surface area contributed by atoms with Crippen LogP contribution in [0, 0.1) is 0 Å². The summed E-state index contributed by atoms with van der Waals surface area (Å²) < 4.78 is 5.32. The Hall–Kier alpha value is -0.120. The lowest BCUT2D eigenvalue weighted by Gasteiger charge is -2.37. The molecule has 0 aliphatic carbocycles. The van der Waals surface area contributed by atoms with E-state index in [2.05, 4.69) is 25.7 Å². The van der Waals surface area contributed by atoms with Crippen LogP contribution in [-0.4, -0.2) is 43.3 Å². The smallest absolute Gasteiger partial charge is 0.0478 e. The Morgan fingerprint density at radius 2 is 1.93 bits per heavy atom. The molecule has 0 amide bonds. The summed E-state index contributed by atoms with van der Waals surface area (Å²) in [6.07, 6.45) is 1.09. The average Bonchev–Trinajstić information content (AvgIpc) is 2.17. The van der Waals surface area contributed by atoms with Crippen LogP contribution in [0.1, 0.15) is 34.1 Å². The van der Waals surface area contributed by atoms with E-state index in [-0.39, 0.29) is 5.54 Å². The normalized spacial score (nSPS) is 12.4. The molecule has 0 unspecified atom stereocenters. The third-order valence-corrected chi connectivity index (χ3v) is 2.66. The van der Waals surface area contributed by atoms with Gasteiger partial charge in [-0.05, 0) is 33.7 Å². The number of nitrogens with zero attached hydrogens (tertiary/aromatic N) is 1. The molecule has 0 heterocycles. The molecule has 0 aliphatic heterocycles. The predicted molar refractivity (Wildman–Crippen MR) is 61.5 cm³/mol. The Kier molecular flexibility index (Phi) is 7.15. The molecule has 0 spiro atoms. The molecule has 0 saturated carbocycles. The topological polar surface area (TPSA) is 38.5 Å². The third-order valence-electron chi connectivity index (χ3n) is 2.66. The lowest BCUT2D eigenvalue weighted by atomic mass is 10.0. The van der Waals surface area contributed by atoms with Crippen LogP contribution in [0.3, 0.4) is 0 Å². The summed E-state index contributed by atoms with van der Waals surface area (Å²) in [5.74, 6) is 0. The van der Waals surface area contributed by atoms with Gasteiger partial charge >= 0.3 is 0 Å². The molecular weight excluding hydrogens is 176 g/mol. The standard InChI is InChI=1S/C11H26N2O/c1-5-13(11(3,4)10-12)8-7-9-14-6-2/h5-10,12H2,1-4H3. The van der Waals surface area contributed by atoms with Gasteiger partial charge in [-0.15, -0.1) is 0 Å². The minimum absolute atomic E-state index is 0.112. The van der Waals surface area contributed by atoms with Gasteiger partial charge in [-0.3, -0.25) is 4.90 Å². The molecule has 0 aromatic carbocycles. The van der Waals surface area contributed by atoms with Crippen molar-refractivity contribution in [1.29, 1.82) is 0 Å². The molecule has 0 aromatic heterocycles. The maximum atomic E-state index is 5.74. The van der Waals surface area contributed by atoms with E-state index in [1.807, 2.05) is 6.92 Å². The van der Waals surface area contributed by atoms with Gasteiger partial charge in [0.2, 0.25) is 0 Å². The Morgan fingerprint density at radius 1 is 1.29 bits per heavy atom. The predicted octanol–water partition coefficient (Wildman–Crippen LogP) is 1.47. The highest BCUT2D eigenvalue weighted by molar-refractivity contribution is 4.81. The SMILES string of the molecule is CCOCCCN(CC)C(C)(C)CN. The molecule has 0 fully saturated rings. The molecule has 3 heteroatoms. The van der Waals surface area contributed by atoms with Crippen molar-refractivity contribution < 1.29 is 4.74 Å². The van der Waals surface area contributed by atoms with Crippen molar-refractivity contribution in [3.63, 3.8) is 0 Å². The first-order valence-corrected chi connectivity index (χ1v) is 5.61. The van der Waals surface area contributed by atoms with Gasteiger partial charge in [-0.1, -0.05) is 6.92 Å². The first-order valence-electron chi connectivity index (χ1n) is 5.61. The summed E-state index contributed by atoms with van der Waals surface area (Å²) in [4.78, 5) is 2.41. The van der Waals surface area contributed by atoms with Gasteiger partial charge in [0.25, 0.3) is 0 Å². The molecule has 14 heavy (non-hydrogen) atoms. The second kappa shape index (κ2) is 7.21. The van der Waals surface area contributed by atoms with E-state index < -0.39 is 0 Å². The molecule has 0 radical (unpaired) electrons. The van der Waals surface area contributed by atoms with E-state index in [1.165, 1.54) is 0 Å². The van der Waals surface area contributed by atoms with Crippen molar-refractivity contribution >= 4 is 0 Å². The summed E-state index contributed by atoms with van der Waals surface area (Å²) in [6, 6.07) is 0. The van der Waals surface area contributed by atoms with Crippen LogP contribution in [0.15, 0.2) is 0 Å². The molecule has 0 aromatic rings. The van der Waals surface area contributed by atoms with E-state index in [0.717, 1.165) is 32.7 Å². The quantitative estimate of drug-likeness (QED) is 0.606. The van der Waals surface area contributed by atoms with Crippen molar-refractivity contribution in [1.82, 2.24) is 4.90 Å². The molecule has 0 atom stereocenters. The van der Waals surface area contributed by atoms with Crippen molar-refractivity contribution in [3.05, 3.63) is 0 Å². The number of hydrogen-bond donors (Lipinski definition) is 1. The zero-order valence-electron chi connectivity index (χ0n) is 10.2. The maximum absolute atomic E-state index is 5.74. The molecule has 3 nitrogen and oxygen atoms in total. The molecule has 0 aliphatic rings. The van der Waals surface area contributed by atoms with E-state index in [0.29, 0.717) is 6.54 Å². The van der Waals surface area contributed by atoms with Gasteiger partial charge in [-0.2, -0.15) is 0 Å². The molecular formula is C11H26N2O. The van der Waals surface area contributed by atoms with E-state index in [4.69, 9.17) is 10.5 Å². The van der Waals surface area contributed by atoms with Crippen LogP contribution in [0.4, 0.5) is 0 Å². The zero-order valence-corrected chi connectivity index (χ0v) is 10.2. The first-order chi connectivity index (χ1) is 6.58. The van der Waals surface area contributed by atoms with Crippen LogP contribution < -0.4 is 5.73 Å². The summed E-state index contributed by atoms with van der Waals surface area (Å²) >= 11 is 0. The average molecular weight is 202 g/mol. The summed E-state index contributed by atoms with van der Waals surface area (Å²) in [6.45, 7) is 13.1. The van der Waals surface area contributed by atoms with Crippen LogP contribution >= 0.6 is 0 Å². The minimum atomic E-state index is 0.112. The van der Waals surface area contributed by atoms with Gasteiger partial charge in [0.15, 0.2) is 0 Å². The molecule has 86 valence electrons. The van der Waals surface area contributed by atoms with Crippen LogP contribution in [0.2, 0.25) is 0 Å². The Labute approximate surface area is 88.6 Å². The summed E-state index contributed by atoms with van der Waals surface area (Å²) in [5.41, 5.74) is 5.85. The van der Waals surface area contributed by atoms with Crippen LogP contribution in [0.5, 0.6) is 0 Å². The molecule has 2 N–H and O–H groups in total. The molecule has 0 rings (SSSR count).